The molecular formula is C20H20INO3. The molecule has 1 aromatic heterocycles. The number of carbonyl (C=O) groups excluding carboxylic acids is 1. The van der Waals surface area contributed by atoms with Gasteiger partial charge in [-0.15, -0.1) is 0 Å². The van der Waals surface area contributed by atoms with Gasteiger partial charge in [-0.2, -0.15) is 0 Å². The Kier molecular flexibility index (Phi) is 5.03. The van der Waals surface area contributed by atoms with Gasteiger partial charge in [-0.3, -0.25) is 0 Å². The average molecular weight is 449 g/mol. The average Bonchev–Trinajstić information content (AvgIpc) is 2.90. The van der Waals surface area contributed by atoms with Crippen LogP contribution in [0.1, 0.15) is 26.3 Å². The third-order valence-corrected chi connectivity index (χ3v) is 4.43. The van der Waals surface area contributed by atoms with Crippen molar-refractivity contribution < 1.29 is 14.3 Å². The van der Waals surface area contributed by atoms with E-state index in [9.17, 15) is 4.79 Å². The first-order valence-corrected chi connectivity index (χ1v) is 9.13. The van der Waals surface area contributed by atoms with E-state index in [1.807, 2.05) is 69.3 Å². The Morgan fingerprint density at radius 1 is 1.08 bits per heavy atom. The number of nitrogens with zero attached hydrogens (tertiary/aromatic N) is 1. The highest BCUT2D eigenvalue weighted by atomic mass is 127. The van der Waals surface area contributed by atoms with Gasteiger partial charge < -0.3 is 9.47 Å². The maximum atomic E-state index is 12.6. The third kappa shape index (κ3) is 4.15. The highest BCUT2D eigenvalue weighted by Gasteiger charge is 2.22. The molecular weight excluding hydrogens is 429 g/mol. The lowest BCUT2D eigenvalue weighted by molar-refractivity contribution is 0.0543. The first kappa shape index (κ1) is 17.8. The van der Waals surface area contributed by atoms with Crippen molar-refractivity contribution in [2.24, 2.45) is 0 Å². The number of rotatable bonds is 3. The maximum Gasteiger partial charge on any atom is 0.419 e. The first-order valence-electron chi connectivity index (χ1n) is 8.05. The van der Waals surface area contributed by atoms with Crippen LogP contribution in [0, 0.1) is 3.57 Å². The number of carbonyl (C=O) groups is 1. The molecule has 0 saturated carbocycles. The summed E-state index contributed by atoms with van der Waals surface area (Å²) >= 11 is 2.22. The van der Waals surface area contributed by atoms with Crippen molar-refractivity contribution in [1.82, 2.24) is 4.57 Å². The van der Waals surface area contributed by atoms with E-state index in [0.717, 1.165) is 20.0 Å². The van der Waals surface area contributed by atoms with Crippen LogP contribution in [0.3, 0.4) is 0 Å². The summed E-state index contributed by atoms with van der Waals surface area (Å²) in [5.74, 6) is 0.662. The summed E-state index contributed by atoms with van der Waals surface area (Å²) in [6.45, 7) is 6.01. The zero-order valence-electron chi connectivity index (χ0n) is 14.5. The summed E-state index contributed by atoms with van der Waals surface area (Å²) in [7, 11) is 0. The van der Waals surface area contributed by atoms with E-state index in [-0.39, 0.29) is 0 Å². The molecule has 130 valence electrons. The van der Waals surface area contributed by atoms with Crippen LogP contribution in [0.5, 0.6) is 5.75 Å². The number of fused-ring (bicyclic) bond motifs is 1. The molecule has 0 N–H and O–H groups in total. The van der Waals surface area contributed by atoms with Gasteiger partial charge in [0.2, 0.25) is 0 Å². The molecule has 0 bridgehead atoms. The smallest absolute Gasteiger partial charge is 0.419 e. The molecule has 0 saturated heterocycles. The zero-order chi connectivity index (χ0) is 18.0. The Balaban J connectivity index is 1.97. The molecule has 25 heavy (non-hydrogen) atoms. The van der Waals surface area contributed by atoms with E-state index in [2.05, 4.69) is 22.6 Å². The number of hydrogen-bond donors (Lipinski definition) is 0. The van der Waals surface area contributed by atoms with Crippen LogP contribution < -0.4 is 4.74 Å². The summed E-state index contributed by atoms with van der Waals surface area (Å²) < 4.78 is 14.0. The summed E-state index contributed by atoms with van der Waals surface area (Å²) in [6.07, 6.45) is 1.38. The normalized spacial score (nSPS) is 11.5. The Morgan fingerprint density at radius 2 is 1.80 bits per heavy atom. The molecule has 0 fully saturated rings. The SMILES string of the molecule is CC(C)(C)OC(=O)n1cc(I)c2cccc(OCc3ccccc3)c21. The Bertz CT molecular complexity index is 894. The van der Waals surface area contributed by atoms with Gasteiger partial charge in [0.1, 0.15) is 23.5 Å². The van der Waals surface area contributed by atoms with Gasteiger partial charge in [0.25, 0.3) is 0 Å². The van der Waals surface area contributed by atoms with E-state index in [0.29, 0.717) is 12.4 Å². The number of para-hydroxylation sites is 1. The van der Waals surface area contributed by atoms with Gasteiger partial charge in [0.05, 0.1) is 0 Å². The zero-order valence-corrected chi connectivity index (χ0v) is 16.6. The van der Waals surface area contributed by atoms with Crippen molar-refractivity contribution in [2.45, 2.75) is 33.0 Å². The molecule has 0 aliphatic carbocycles. The second-order valence-corrected chi connectivity index (χ2v) is 7.92. The molecule has 0 unspecified atom stereocenters. The van der Waals surface area contributed by atoms with Crippen molar-refractivity contribution in [3.63, 3.8) is 0 Å². The number of halogens is 1. The molecule has 4 nitrogen and oxygen atoms in total. The van der Waals surface area contributed by atoms with Crippen molar-refractivity contribution in [3.8, 4) is 5.75 Å². The molecule has 1 heterocycles. The molecule has 3 rings (SSSR count). The van der Waals surface area contributed by atoms with Crippen molar-refractivity contribution in [3.05, 3.63) is 63.9 Å². The third-order valence-electron chi connectivity index (χ3n) is 3.57. The first-order chi connectivity index (χ1) is 11.8. The fourth-order valence-electron chi connectivity index (χ4n) is 2.52. The minimum atomic E-state index is -0.557. The van der Waals surface area contributed by atoms with E-state index < -0.39 is 11.7 Å². The summed E-state index contributed by atoms with van der Waals surface area (Å²) in [5, 5.41) is 0.969. The Labute approximate surface area is 160 Å². The largest absolute Gasteiger partial charge is 0.487 e. The monoisotopic (exact) mass is 449 g/mol. The molecule has 5 heteroatoms. The standard InChI is InChI=1S/C20H20INO3/c1-20(2,3)25-19(23)22-12-16(21)15-10-7-11-17(18(15)22)24-13-14-8-5-4-6-9-14/h4-12H,13H2,1-3H3. The number of ether oxygens (including phenoxy) is 2. The van der Waals surface area contributed by atoms with Crippen LogP contribution in [0.15, 0.2) is 54.7 Å². The maximum absolute atomic E-state index is 12.6. The lowest BCUT2D eigenvalue weighted by Gasteiger charge is -2.20. The van der Waals surface area contributed by atoms with Crippen LogP contribution in [0.4, 0.5) is 4.79 Å². The van der Waals surface area contributed by atoms with Crippen molar-refractivity contribution in [2.75, 3.05) is 0 Å². The minimum Gasteiger partial charge on any atom is -0.487 e. The Morgan fingerprint density at radius 3 is 2.48 bits per heavy atom. The van der Waals surface area contributed by atoms with Gasteiger partial charge in [-0.25, -0.2) is 9.36 Å². The lowest BCUT2D eigenvalue weighted by atomic mass is 10.2. The van der Waals surface area contributed by atoms with Gasteiger partial charge in [-0.1, -0.05) is 42.5 Å². The molecule has 0 atom stereocenters. The van der Waals surface area contributed by atoms with Gasteiger partial charge in [-0.05, 0) is 55.0 Å². The van der Waals surface area contributed by atoms with E-state index in [1.54, 1.807) is 6.20 Å². The van der Waals surface area contributed by atoms with Crippen LogP contribution in [-0.2, 0) is 11.3 Å². The van der Waals surface area contributed by atoms with Crippen LogP contribution >= 0.6 is 22.6 Å². The second-order valence-electron chi connectivity index (χ2n) is 6.75. The highest BCUT2D eigenvalue weighted by molar-refractivity contribution is 14.1. The van der Waals surface area contributed by atoms with Gasteiger partial charge in [0, 0.05) is 15.2 Å². The summed E-state index contributed by atoms with van der Waals surface area (Å²) in [6, 6.07) is 15.7. The number of benzene rings is 2. The van der Waals surface area contributed by atoms with Gasteiger partial charge >= 0.3 is 6.09 Å². The molecule has 0 aliphatic rings. The molecule has 0 spiro atoms. The highest BCUT2D eigenvalue weighted by Crippen LogP contribution is 2.32. The topological polar surface area (TPSA) is 40.5 Å². The second kappa shape index (κ2) is 7.07. The van der Waals surface area contributed by atoms with E-state index in [1.165, 1.54) is 4.57 Å². The van der Waals surface area contributed by atoms with E-state index in [4.69, 9.17) is 9.47 Å². The quantitative estimate of drug-likeness (QED) is 0.489. The predicted octanol–water partition coefficient (Wildman–Crippen LogP) is 5.61. The van der Waals surface area contributed by atoms with E-state index >= 15 is 0 Å². The lowest BCUT2D eigenvalue weighted by Crippen LogP contribution is -2.26. The fraction of sp³-hybridized carbons (Fsp3) is 0.250. The fourth-order valence-corrected chi connectivity index (χ4v) is 3.23. The molecule has 0 aliphatic heterocycles. The number of hydrogen-bond acceptors (Lipinski definition) is 3. The summed E-state index contributed by atoms with van der Waals surface area (Å²) in [4.78, 5) is 12.6. The number of aromatic nitrogens is 1. The summed E-state index contributed by atoms with van der Waals surface area (Å²) in [5.41, 5.74) is 1.25. The minimum absolute atomic E-state index is 0.406. The van der Waals surface area contributed by atoms with Crippen molar-refractivity contribution >= 4 is 39.6 Å². The molecule has 2 aromatic carbocycles. The Hall–Kier alpha value is -2.02. The molecule has 3 aromatic rings. The van der Waals surface area contributed by atoms with Crippen molar-refractivity contribution in [1.29, 1.82) is 0 Å². The van der Waals surface area contributed by atoms with Gasteiger partial charge in [0.15, 0.2) is 0 Å². The van der Waals surface area contributed by atoms with Crippen LogP contribution in [-0.4, -0.2) is 16.3 Å². The molecule has 0 amide bonds. The molecule has 0 radical (unpaired) electrons. The van der Waals surface area contributed by atoms with Crippen LogP contribution in [0.25, 0.3) is 10.9 Å². The van der Waals surface area contributed by atoms with Crippen LogP contribution in [0.2, 0.25) is 0 Å². The predicted molar refractivity (Wildman–Crippen MR) is 107 cm³/mol.